The second-order valence-electron chi connectivity index (χ2n) is 4.52. The lowest BCUT2D eigenvalue weighted by Gasteiger charge is -2.13. The molecule has 1 N–H and O–H groups in total. The number of hydrogen-bond donors (Lipinski definition) is 1. The van der Waals surface area contributed by atoms with Crippen LogP contribution in [0.15, 0.2) is 23.0 Å². The Kier molecular flexibility index (Phi) is 3.85. The molecule has 0 radical (unpaired) electrons. The third-order valence-electron chi connectivity index (χ3n) is 3.12. The summed E-state index contributed by atoms with van der Waals surface area (Å²) in [7, 11) is 0. The van der Waals surface area contributed by atoms with Gasteiger partial charge in [0.05, 0.1) is 5.56 Å². The van der Waals surface area contributed by atoms with Gasteiger partial charge in [-0.15, -0.1) is 0 Å². The van der Waals surface area contributed by atoms with Crippen LogP contribution in [-0.4, -0.2) is 9.97 Å². The van der Waals surface area contributed by atoms with Crippen molar-refractivity contribution in [3.63, 3.8) is 0 Å². The van der Waals surface area contributed by atoms with Gasteiger partial charge < -0.3 is 4.98 Å². The molecule has 112 valence electrons. The summed E-state index contributed by atoms with van der Waals surface area (Å²) in [6, 6.07) is 2.07. The lowest BCUT2D eigenvalue weighted by atomic mass is 10.1. The van der Waals surface area contributed by atoms with Gasteiger partial charge in [-0.1, -0.05) is 6.92 Å². The molecule has 3 nitrogen and oxygen atoms in total. The van der Waals surface area contributed by atoms with Gasteiger partial charge in [0, 0.05) is 16.8 Å². The molecule has 1 aromatic heterocycles. The number of halogens is 4. The maximum absolute atomic E-state index is 13.3. The molecule has 0 atom stereocenters. The minimum atomic E-state index is -4.67. The fourth-order valence-electron chi connectivity index (χ4n) is 2.11. The van der Waals surface area contributed by atoms with Gasteiger partial charge >= 0.3 is 6.18 Å². The Labute approximate surface area is 117 Å². The minimum absolute atomic E-state index is 0.290. The van der Waals surface area contributed by atoms with E-state index in [1.54, 1.807) is 6.92 Å². The number of benzene rings is 1. The first-order valence-corrected chi connectivity index (χ1v) is 6.21. The van der Waals surface area contributed by atoms with Crippen molar-refractivity contribution in [2.45, 2.75) is 26.4 Å². The Morgan fingerprint density at radius 2 is 1.95 bits per heavy atom. The number of nitrogens with one attached hydrogen (secondary N) is 1. The first-order chi connectivity index (χ1) is 9.74. The molecule has 1 aromatic carbocycles. The molecule has 0 fully saturated rings. The van der Waals surface area contributed by atoms with Crippen molar-refractivity contribution in [3.8, 4) is 11.4 Å². The van der Waals surface area contributed by atoms with Gasteiger partial charge in [-0.05, 0) is 31.5 Å². The van der Waals surface area contributed by atoms with Crippen LogP contribution in [-0.2, 0) is 12.6 Å². The van der Waals surface area contributed by atoms with Gasteiger partial charge in [0.1, 0.15) is 11.6 Å². The van der Waals surface area contributed by atoms with Gasteiger partial charge in [-0.25, -0.2) is 9.37 Å². The number of rotatable bonds is 2. The van der Waals surface area contributed by atoms with Gasteiger partial charge in [0.25, 0.3) is 5.56 Å². The fourth-order valence-corrected chi connectivity index (χ4v) is 2.11. The number of aryl methyl sites for hydroxylation is 1. The molecule has 7 heteroatoms. The van der Waals surface area contributed by atoms with Crippen LogP contribution in [0.5, 0.6) is 0 Å². The highest BCUT2D eigenvalue weighted by atomic mass is 19.4. The van der Waals surface area contributed by atoms with Crippen molar-refractivity contribution in [2.75, 3.05) is 0 Å². The van der Waals surface area contributed by atoms with E-state index in [0.717, 1.165) is 6.07 Å². The first-order valence-electron chi connectivity index (χ1n) is 6.21. The van der Waals surface area contributed by atoms with E-state index in [2.05, 4.69) is 9.97 Å². The normalized spacial score (nSPS) is 11.7. The number of aromatic amines is 1. The number of H-pyrrole nitrogens is 1. The lowest BCUT2D eigenvalue weighted by Crippen LogP contribution is -2.18. The topological polar surface area (TPSA) is 45.8 Å². The second kappa shape index (κ2) is 5.31. The molecule has 0 aliphatic heterocycles. The van der Waals surface area contributed by atoms with E-state index in [4.69, 9.17) is 0 Å². The van der Waals surface area contributed by atoms with E-state index < -0.39 is 28.7 Å². The quantitative estimate of drug-likeness (QED) is 0.863. The first kappa shape index (κ1) is 15.2. The van der Waals surface area contributed by atoms with E-state index in [1.165, 1.54) is 6.92 Å². The van der Waals surface area contributed by atoms with Crippen LogP contribution >= 0.6 is 0 Å². The molecule has 0 unspecified atom stereocenters. The maximum Gasteiger partial charge on any atom is 0.417 e. The fraction of sp³-hybridized carbons (Fsp3) is 0.286. The summed E-state index contributed by atoms with van der Waals surface area (Å²) < 4.78 is 52.2. The van der Waals surface area contributed by atoms with Gasteiger partial charge in [0.2, 0.25) is 0 Å². The van der Waals surface area contributed by atoms with Gasteiger partial charge in [-0.3, -0.25) is 4.79 Å². The summed E-state index contributed by atoms with van der Waals surface area (Å²) >= 11 is 0. The summed E-state index contributed by atoms with van der Waals surface area (Å²) in [5.74, 6) is -1.13. The van der Waals surface area contributed by atoms with E-state index in [9.17, 15) is 22.4 Å². The smallest absolute Gasteiger partial charge is 0.306 e. The zero-order valence-electron chi connectivity index (χ0n) is 11.3. The molecule has 0 aliphatic carbocycles. The zero-order chi connectivity index (χ0) is 15.8. The summed E-state index contributed by atoms with van der Waals surface area (Å²) in [4.78, 5) is 18.1. The van der Waals surface area contributed by atoms with Crippen molar-refractivity contribution in [1.82, 2.24) is 9.97 Å². The second-order valence-corrected chi connectivity index (χ2v) is 4.52. The van der Waals surface area contributed by atoms with Crippen LogP contribution in [0, 0.1) is 12.7 Å². The molecule has 2 aromatic rings. The van der Waals surface area contributed by atoms with Crippen LogP contribution in [0.3, 0.4) is 0 Å². The third kappa shape index (κ3) is 2.96. The number of hydrogen-bond acceptors (Lipinski definition) is 2. The van der Waals surface area contributed by atoms with E-state index in [0.29, 0.717) is 29.8 Å². The number of nitrogens with zero attached hydrogens (tertiary/aromatic N) is 1. The lowest BCUT2D eigenvalue weighted by molar-refractivity contribution is -0.137. The highest BCUT2D eigenvalue weighted by Gasteiger charge is 2.34. The number of alkyl halides is 3. The molecular weight excluding hydrogens is 288 g/mol. The van der Waals surface area contributed by atoms with Crippen molar-refractivity contribution in [1.29, 1.82) is 0 Å². The molecule has 1 heterocycles. The van der Waals surface area contributed by atoms with E-state index in [1.807, 2.05) is 0 Å². The standard InChI is InChI=1S/C14H12F4N2O/c1-3-9-7(2)19-12(20-13(9)21)10-6-8(15)4-5-11(10)14(16,17)18/h4-6H,3H2,1-2H3,(H,19,20,21). The Hall–Kier alpha value is -2.18. The Bertz CT molecular complexity index is 735. The largest absolute Gasteiger partial charge is 0.417 e. The number of aromatic nitrogens is 2. The molecule has 0 saturated carbocycles. The molecule has 0 spiro atoms. The molecule has 0 saturated heterocycles. The van der Waals surface area contributed by atoms with Crippen LogP contribution in [0.25, 0.3) is 11.4 Å². The maximum atomic E-state index is 13.3. The molecule has 0 bridgehead atoms. The van der Waals surface area contributed by atoms with E-state index in [-0.39, 0.29) is 5.82 Å². The zero-order valence-corrected chi connectivity index (χ0v) is 11.3. The summed E-state index contributed by atoms with van der Waals surface area (Å²) in [5, 5.41) is 0. The molecule has 21 heavy (non-hydrogen) atoms. The van der Waals surface area contributed by atoms with Crippen molar-refractivity contribution in [3.05, 3.63) is 51.2 Å². The van der Waals surface area contributed by atoms with Gasteiger partial charge in [0.15, 0.2) is 0 Å². The Morgan fingerprint density at radius 1 is 1.29 bits per heavy atom. The van der Waals surface area contributed by atoms with Crippen LogP contribution in [0.2, 0.25) is 0 Å². The predicted molar refractivity (Wildman–Crippen MR) is 69.4 cm³/mol. The summed E-state index contributed by atoms with van der Waals surface area (Å²) in [6.07, 6.45) is -4.26. The summed E-state index contributed by atoms with van der Waals surface area (Å²) in [6.45, 7) is 3.27. The van der Waals surface area contributed by atoms with Gasteiger partial charge in [-0.2, -0.15) is 13.2 Å². The SMILES string of the molecule is CCc1c(C)nc(-c2cc(F)ccc2C(F)(F)F)[nH]c1=O. The highest BCUT2D eigenvalue weighted by molar-refractivity contribution is 5.61. The molecule has 0 amide bonds. The average Bonchev–Trinajstić information content (AvgIpc) is 2.36. The van der Waals surface area contributed by atoms with Crippen molar-refractivity contribution in [2.24, 2.45) is 0 Å². The summed E-state index contributed by atoms with van der Waals surface area (Å²) in [5.41, 5.74) is -1.32. The highest BCUT2D eigenvalue weighted by Crippen LogP contribution is 2.36. The predicted octanol–water partition coefficient (Wildman–Crippen LogP) is 3.47. The van der Waals surface area contributed by atoms with E-state index >= 15 is 0 Å². The molecule has 0 aliphatic rings. The van der Waals surface area contributed by atoms with Crippen LogP contribution in [0.1, 0.15) is 23.7 Å². The Balaban J connectivity index is 2.73. The third-order valence-corrected chi connectivity index (χ3v) is 3.12. The minimum Gasteiger partial charge on any atom is -0.306 e. The van der Waals surface area contributed by atoms with Crippen LogP contribution < -0.4 is 5.56 Å². The molecule has 2 rings (SSSR count). The Morgan fingerprint density at radius 3 is 2.48 bits per heavy atom. The molecular formula is C14H12F4N2O. The monoisotopic (exact) mass is 300 g/mol. The van der Waals surface area contributed by atoms with Crippen molar-refractivity contribution < 1.29 is 17.6 Å². The average molecular weight is 300 g/mol. The van der Waals surface area contributed by atoms with Crippen LogP contribution in [0.4, 0.5) is 17.6 Å². The van der Waals surface area contributed by atoms with Crippen molar-refractivity contribution >= 4 is 0 Å².